The third kappa shape index (κ3) is 3.49. The maximum absolute atomic E-state index is 11.1. The Labute approximate surface area is 123 Å². The molecule has 1 heterocycles. The van der Waals surface area contributed by atoms with Gasteiger partial charge in [0.15, 0.2) is 0 Å². The van der Waals surface area contributed by atoms with Crippen LogP contribution in [-0.2, 0) is 11.3 Å². The van der Waals surface area contributed by atoms with Gasteiger partial charge >= 0.3 is 0 Å². The summed E-state index contributed by atoms with van der Waals surface area (Å²) >= 11 is 6.14. The lowest BCUT2D eigenvalue weighted by Gasteiger charge is -2.36. The highest BCUT2D eigenvalue weighted by molar-refractivity contribution is 6.31. The minimum absolute atomic E-state index is 0.0628. The molecular formula is C14H19ClN2O3. The minimum Gasteiger partial charge on any atom is -0.394 e. The Hall–Kier alpha value is -1.14. The van der Waals surface area contributed by atoms with E-state index >= 15 is 0 Å². The number of amides is 1. The van der Waals surface area contributed by atoms with Gasteiger partial charge in [0.1, 0.15) is 0 Å². The van der Waals surface area contributed by atoms with Crippen LogP contribution in [0.5, 0.6) is 0 Å². The number of halogens is 1. The van der Waals surface area contributed by atoms with Crippen LogP contribution in [0.25, 0.3) is 0 Å². The van der Waals surface area contributed by atoms with Gasteiger partial charge in [0, 0.05) is 35.9 Å². The first-order valence-corrected chi connectivity index (χ1v) is 6.96. The van der Waals surface area contributed by atoms with Crippen LogP contribution >= 0.6 is 11.6 Å². The van der Waals surface area contributed by atoms with Crippen molar-refractivity contribution >= 4 is 17.5 Å². The largest absolute Gasteiger partial charge is 0.394 e. The lowest BCUT2D eigenvalue weighted by molar-refractivity contribution is 0.0112. The molecule has 0 atom stereocenters. The molecule has 6 heteroatoms. The van der Waals surface area contributed by atoms with Crippen LogP contribution in [0.2, 0.25) is 5.02 Å². The maximum Gasteiger partial charge on any atom is 0.248 e. The zero-order valence-corrected chi connectivity index (χ0v) is 11.9. The van der Waals surface area contributed by atoms with Crippen molar-refractivity contribution in [3.8, 4) is 0 Å². The second-order valence-corrected chi connectivity index (χ2v) is 5.48. The van der Waals surface area contributed by atoms with Crippen molar-refractivity contribution in [1.82, 2.24) is 5.32 Å². The molecule has 0 saturated carbocycles. The van der Waals surface area contributed by atoms with E-state index in [9.17, 15) is 9.90 Å². The Morgan fingerprint density at radius 1 is 1.45 bits per heavy atom. The zero-order chi connectivity index (χ0) is 14.6. The number of ether oxygens (including phenoxy) is 1. The third-order valence-corrected chi connectivity index (χ3v) is 4.10. The number of nitrogens with one attached hydrogen (secondary N) is 1. The van der Waals surface area contributed by atoms with Crippen LogP contribution in [0.15, 0.2) is 18.2 Å². The van der Waals surface area contributed by atoms with Crippen molar-refractivity contribution in [2.24, 2.45) is 5.73 Å². The summed E-state index contributed by atoms with van der Waals surface area (Å²) in [5.41, 5.74) is 6.15. The molecular weight excluding hydrogens is 280 g/mol. The van der Waals surface area contributed by atoms with E-state index in [1.165, 1.54) is 0 Å². The van der Waals surface area contributed by atoms with Gasteiger partial charge in [0.2, 0.25) is 5.91 Å². The van der Waals surface area contributed by atoms with E-state index in [4.69, 9.17) is 22.1 Å². The molecule has 20 heavy (non-hydrogen) atoms. The molecule has 0 spiro atoms. The summed E-state index contributed by atoms with van der Waals surface area (Å²) in [6.07, 6.45) is 1.53. The van der Waals surface area contributed by atoms with E-state index in [0.717, 1.165) is 18.4 Å². The lowest BCUT2D eigenvalue weighted by atomic mass is 9.90. The molecule has 5 nitrogen and oxygen atoms in total. The smallest absolute Gasteiger partial charge is 0.248 e. The average Bonchev–Trinajstić information content (AvgIpc) is 2.47. The lowest BCUT2D eigenvalue weighted by Crippen LogP contribution is -2.51. The van der Waals surface area contributed by atoms with Crippen molar-refractivity contribution in [2.75, 3.05) is 19.8 Å². The predicted octanol–water partition coefficient (Wildman–Crippen LogP) is 1.07. The molecule has 1 aromatic rings. The summed E-state index contributed by atoms with van der Waals surface area (Å²) in [7, 11) is 0. The molecule has 4 N–H and O–H groups in total. The Morgan fingerprint density at radius 2 is 2.15 bits per heavy atom. The predicted molar refractivity (Wildman–Crippen MR) is 76.7 cm³/mol. The first-order chi connectivity index (χ1) is 9.56. The SMILES string of the molecule is NC(=O)c1ccc(CNC2(CO)CCOCC2)c(Cl)c1. The number of benzene rings is 1. The Kier molecular flexibility index (Phi) is 4.99. The van der Waals surface area contributed by atoms with E-state index < -0.39 is 5.91 Å². The number of aliphatic hydroxyl groups excluding tert-OH is 1. The Balaban J connectivity index is 2.04. The molecule has 0 unspecified atom stereocenters. The molecule has 1 amide bonds. The van der Waals surface area contributed by atoms with Crippen molar-refractivity contribution in [2.45, 2.75) is 24.9 Å². The van der Waals surface area contributed by atoms with Crippen LogP contribution in [-0.4, -0.2) is 36.4 Å². The van der Waals surface area contributed by atoms with Gasteiger partial charge in [-0.15, -0.1) is 0 Å². The molecule has 0 aliphatic carbocycles. The maximum atomic E-state index is 11.1. The summed E-state index contributed by atoms with van der Waals surface area (Å²) in [6, 6.07) is 5.00. The van der Waals surface area contributed by atoms with Crippen molar-refractivity contribution < 1.29 is 14.6 Å². The number of nitrogens with two attached hydrogens (primary N) is 1. The van der Waals surface area contributed by atoms with E-state index in [1.54, 1.807) is 18.2 Å². The number of hydrogen-bond acceptors (Lipinski definition) is 4. The van der Waals surface area contributed by atoms with Gasteiger partial charge in [-0.05, 0) is 30.5 Å². The third-order valence-electron chi connectivity index (χ3n) is 3.74. The highest BCUT2D eigenvalue weighted by Crippen LogP contribution is 2.23. The topological polar surface area (TPSA) is 84.6 Å². The summed E-state index contributed by atoms with van der Waals surface area (Å²) in [5, 5.41) is 13.4. The number of hydrogen-bond donors (Lipinski definition) is 3. The summed E-state index contributed by atoms with van der Waals surface area (Å²) in [4.78, 5) is 11.1. The second kappa shape index (κ2) is 6.54. The summed E-state index contributed by atoms with van der Waals surface area (Å²) in [6.45, 7) is 1.87. The van der Waals surface area contributed by atoms with Gasteiger partial charge < -0.3 is 20.9 Å². The zero-order valence-electron chi connectivity index (χ0n) is 11.2. The fraction of sp³-hybridized carbons (Fsp3) is 0.500. The Bertz CT molecular complexity index is 487. The highest BCUT2D eigenvalue weighted by Gasteiger charge is 2.31. The van der Waals surface area contributed by atoms with Gasteiger partial charge in [-0.25, -0.2) is 0 Å². The normalized spacial score (nSPS) is 17.9. The van der Waals surface area contributed by atoms with E-state index in [1.807, 2.05) is 0 Å². The van der Waals surface area contributed by atoms with Crippen molar-refractivity contribution in [1.29, 1.82) is 0 Å². The van der Waals surface area contributed by atoms with Crippen LogP contribution < -0.4 is 11.1 Å². The molecule has 2 rings (SSSR count). The quantitative estimate of drug-likeness (QED) is 0.759. The molecule has 1 aliphatic rings. The first kappa shape index (κ1) is 15.3. The second-order valence-electron chi connectivity index (χ2n) is 5.07. The van der Waals surface area contributed by atoms with Gasteiger partial charge in [0.25, 0.3) is 0 Å². The number of primary amides is 1. The monoisotopic (exact) mass is 298 g/mol. The van der Waals surface area contributed by atoms with Gasteiger partial charge in [-0.2, -0.15) is 0 Å². The molecule has 1 aliphatic heterocycles. The van der Waals surface area contributed by atoms with E-state index in [2.05, 4.69) is 5.32 Å². The van der Waals surface area contributed by atoms with Gasteiger partial charge in [-0.3, -0.25) is 4.79 Å². The average molecular weight is 299 g/mol. The molecule has 110 valence electrons. The number of rotatable bonds is 5. The number of carbonyl (C=O) groups is 1. The molecule has 1 fully saturated rings. The summed E-state index contributed by atoms with van der Waals surface area (Å²) < 4.78 is 5.32. The number of aliphatic hydroxyl groups is 1. The fourth-order valence-corrected chi connectivity index (χ4v) is 2.53. The van der Waals surface area contributed by atoms with Crippen LogP contribution in [0.4, 0.5) is 0 Å². The van der Waals surface area contributed by atoms with Crippen LogP contribution in [0.3, 0.4) is 0 Å². The van der Waals surface area contributed by atoms with E-state index in [0.29, 0.717) is 30.3 Å². The molecule has 1 aromatic carbocycles. The van der Waals surface area contributed by atoms with Gasteiger partial charge in [-0.1, -0.05) is 17.7 Å². The van der Waals surface area contributed by atoms with Crippen LogP contribution in [0, 0.1) is 0 Å². The van der Waals surface area contributed by atoms with Gasteiger partial charge in [0.05, 0.1) is 6.61 Å². The Morgan fingerprint density at radius 3 is 2.70 bits per heavy atom. The van der Waals surface area contributed by atoms with Crippen molar-refractivity contribution in [3.63, 3.8) is 0 Å². The fourth-order valence-electron chi connectivity index (χ4n) is 2.28. The first-order valence-electron chi connectivity index (χ1n) is 6.58. The standard InChI is InChI=1S/C14H19ClN2O3/c15-12-7-10(13(16)19)1-2-11(12)8-17-14(9-18)3-5-20-6-4-14/h1-2,7,17-18H,3-6,8-9H2,(H2,16,19). The molecule has 1 saturated heterocycles. The summed E-state index contributed by atoms with van der Waals surface area (Å²) in [5.74, 6) is -0.498. The minimum atomic E-state index is -0.498. The van der Waals surface area contributed by atoms with Crippen LogP contribution in [0.1, 0.15) is 28.8 Å². The number of carbonyl (C=O) groups excluding carboxylic acids is 1. The van der Waals surface area contributed by atoms with E-state index in [-0.39, 0.29) is 12.1 Å². The molecule has 0 aromatic heterocycles. The highest BCUT2D eigenvalue weighted by atomic mass is 35.5. The van der Waals surface area contributed by atoms with Crippen molar-refractivity contribution in [3.05, 3.63) is 34.3 Å². The molecule has 0 bridgehead atoms. The molecule has 0 radical (unpaired) electrons.